The summed E-state index contributed by atoms with van der Waals surface area (Å²) < 4.78 is 11.0. The lowest BCUT2D eigenvalue weighted by Gasteiger charge is -2.19. The minimum atomic E-state index is -0.576. The summed E-state index contributed by atoms with van der Waals surface area (Å²) in [5.74, 6) is 0.729. The van der Waals surface area contributed by atoms with Crippen molar-refractivity contribution in [2.45, 2.75) is 26.4 Å². The van der Waals surface area contributed by atoms with Crippen LogP contribution < -0.4 is 20.7 Å². The number of nitrogens with one attached hydrogen (secondary N) is 1. The lowest BCUT2D eigenvalue weighted by Crippen LogP contribution is -2.27. The van der Waals surface area contributed by atoms with Crippen molar-refractivity contribution in [1.29, 1.82) is 0 Å². The molecule has 31 heavy (non-hydrogen) atoms. The average molecular weight is 441 g/mol. The Morgan fingerprint density at radius 3 is 2.42 bits per heavy atom. The van der Waals surface area contributed by atoms with E-state index in [1.165, 1.54) is 16.2 Å². The third-order valence-corrected chi connectivity index (χ3v) is 4.84. The summed E-state index contributed by atoms with van der Waals surface area (Å²) >= 11 is 1.37. The first-order valence-corrected chi connectivity index (χ1v) is 10.4. The highest BCUT2D eigenvalue weighted by atomic mass is 32.1. The van der Waals surface area contributed by atoms with Crippen LogP contribution in [0.3, 0.4) is 0 Å². The molecule has 0 saturated heterocycles. The molecule has 0 aliphatic carbocycles. The van der Waals surface area contributed by atoms with Gasteiger partial charge in [-0.1, -0.05) is 0 Å². The van der Waals surface area contributed by atoms with E-state index in [1.54, 1.807) is 81.9 Å². The van der Waals surface area contributed by atoms with Crippen LogP contribution >= 0.6 is 11.3 Å². The smallest absolute Gasteiger partial charge is 0.412 e. The largest absolute Gasteiger partial charge is 0.455 e. The third-order valence-electron chi connectivity index (χ3n) is 3.99. The van der Waals surface area contributed by atoms with Crippen LogP contribution in [0, 0.1) is 0 Å². The number of amides is 2. The molecular formula is C22H24N4O4S. The van der Waals surface area contributed by atoms with Crippen molar-refractivity contribution in [3.05, 3.63) is 59.6 Å². The van der Waals surface area contributed by atoms with Gasteiger partial charge in [-0.05, 0) is 63.2 Å². The predicted molar refractivity (Wildman–Crippen MR) is 122 cm³/mol. The topological polar surface area (TPSA) is 107 Å². The SMILES string of the molecule is CN(C(=O)c1ccc(Oc2ccc(NC(=O)OC(C)(C)C)cc2)c(N)c1)c1nccs1. The van der Waals surface area contributed by atoms with Crippen LogP contribution in [0.4, 0.5) is 21.3 Å². The van der Waals surface area contributed by atoms with Crippen molar-refractivity contribution in [2.75, 3.05) is 23.0 Å². The highest BCUT2D eigenvalue weighted by molar-refractivity contribution is 7.13. The first-order chi connectivity index (χ1) is 14.6. The number of aromatic nitrogens is 1. The lowest BCUT2D eigenvalue weighted by molar-refractivity contribution is 0.0635. The number of nitrogens with two attached hydrogens (primary N) is 1. The second-order valence-corrected chi connectivity index (χ2v) is 8.56. The van der Waals surface area contributed by atoms with Crippen LogP contribution in [0.15, 0.2) is 54.0 Å². The molecule has 0 spiro atoms. The Balaban J connectivity index is 1.65. The number of hydrogen-bond acceptors (Lipinski definition) is 7. The Hall–Kier alpha value is -3.59. The van der Waals surface area contributed by atoms with E-state index in [1.807, 2.05) is 0 Å². The molecule has 0 saturated carbocycles. The highest BCUT2D eigenvalue weighted by Crippen LogP contribution is 2.30. The van der Waals surface area contributed by atoms with Crippen LogP contribution in [-0.2, 0) is 4.74 Å². The summed E-state index contributed by atoms with van der Waals surface area (Å²) in [6, 6.07) is 11.6. The van der Waals surface area contributed by atoms with Crippen LogP contribution in [0.5, 0.6) is 11.5 Å². The van der Waals surface area contributed by atoms with Gasteiger partial charge in [0.05, 0.1) is 5.69 Å². The number of carbonyl (C=O) groups excluding carboxylic acids is 2. The van der Waals surface area contributed by atoms with Crippen molar-refractivity contribution >= 4 is 39.8 Å². The molecule has 0 fully saturated rings. The summed E-state index contributed by atoms with van der Waals surface area (Å²) in [4.78, 5) is 30.1. The van der Waals surface area contributed by atoms with Gasteiger partial charge in [0.2, 0.25) is 0 Å². The van der Waals surface area contributed by atoms with Crippen LogP contribution in [0.2, 0.25) is 0 Å². The Labute approximate surface area is 184 Å². The molecular weight excluding hydrogens is 416 g/mol. The van der Waals surface area contributed by atoms with Gasteiger partial charge in [-0.2, -0.15) is 0 Å². The number of nitrogens with zero attached hydrogens (tertiary/aromatic N) is 2. The number of thiazole rings is 1. The van der Waals surface area contributed by atoms with E-state index in [0.29, 0.717) is 33.6 Å². The fraction of sp³-hybridized carbons (Fsp3) is 0.227. The number of ether oxygens (including phenoxy) is 2. The number of benzene rings is 2. The second-order valence-electron chi connectivity index (χ2n) is 7.68. The normalized spacial score (nSPS) is 11.0. The molecule has 9 heteroatoms. The van der Waals surface area contributed by atoms with Gasteiger partial charge in [0.25, 0.3) is 5.91 Å². The Kier molecular flexibility index (Phi) is 6.45. The van der Waals surface area contributed by atoms with E-state index in [0.717, 1.165) is 0 Å². The standard InChI is InChI=1S/C22H24N4O4S/c1-22(2,3)30-21(28)25-15-6-8-16(9-7-15)29-18-10-5-14(13-17(18)23)19(27)26(4)20-24-11-12-31-20/h5-13H,23H2,1-4H3,(H,25,28). The second kappa shape index (κ2) is 9.05. The van der Waals surface area contributed by atoms with Gasteiger partial charge in [-0.15, -0.1) is 11.3 Å². The van der Waals surface area contributed by atoms with Crippen molar-refractivity contribution in [3.8, 4) is 11.5 Å². The minimum Gasteiger partial charge on any atom is -0.455 e. The van der Waals surface area contributed by atoms with E-state index >= 15 is 0 Å². The Morgan fingerprint density at radius 2 is 1.84 bits per heavy atom. The molecule has 0 aliphatic heterocycles. The monoisotopic (exact) mass is 440 g/mol. The third kappa shape index (κ3) is 5.95. The molecule has 0 atom stereocenters. The van der Waals surface area contributed by atoms with Gasteiger partial charge in [0.15, 0.2) is 5.13 Å². The molecule has 162 valence electrons. The van der Waals surface area contributed by atoms with Gasteiger partial charge >= 0.3 is 6.09 Å². The molecule has 8 nitrogen and oxygen atoms in total. The maximum atomic E-state index is 12.6. The molecule has 2 amide bonds. The number of carbonyl (C=O) groups is 2. The first-order valence-electron chi connectivity index (χ1n) is 9.47. The van der Waals surface area contributed by atoms with Crippen LogP contribution in [0.25, 0.3) is 0 Å². The summed E-state index contributed by atoms with van der Waals surface area (Å²) in [5.41, 5.74) is 6.85. The maximum Gasteiger partial charge on any atom is 0.412 e. The van der Waals surface area contributed by atoms with Crippen molar-refractivity contribution < 1.29 is 19.1 Å². The quantitative estimate of drug-likeness (QED) is 0.532. The zero-order valence-electron chi connectivity index (χ0n) is 17.7. The van der Waals surface area contributed by atoms with E-state index in [4.69, 9.17) is 15.2 Å². The van der Waals surface area contributed by atoms with E-state index in [9.17, 15) is 9.59 Å². The molecule has 1 aromatic heterocycles. The Morgan fingerprint density at radius 1 is 1.13 bits per heavy atom. The number of rotatable bonds is 5. The molecule has 3 N–H and O–H groups in total. The number of nitrogen functional groups attached to an aromatic ring is 1. The summed E-state index contributed by atoms with van der Waals surface area (Å²) in [6.45, 7) is 5.39. The van der Waals surface area contributed by atoms with E-state index in [-0.39, 0.29) is 5.91 Å². The predicted octanol–water partition coefficient (Wildman–Crippen LogP) is 5.14. The van der Waals surface area contributed by atoms with Crippen LogP contribution in [-0.4, -0.2) is 29.6 Å². The fourth-order valence-corrected chi connectivity index (χ4v) is 3.20. The van der Waals surface area contributed by atoms with Crippen molar-refractivity contribution in [1.82, 2.24) is 4.98 Å². The summed E-state index contributed by atoms with van der Waals surface area (Å²) in [6.07, 6.45) is 1.11. The van der Waals surface area contributed by atoms with Gasteiger partial charge in [0, 0.05) is 29.9 Å². The minimum absolute atomic E-state index is 0.217. The molecule has 3 rings (SSSR count). The van der Waals surface area contributed by atoms with Gasteiger partial charge in [-0.3, -0.25) is 15.0 Å². The molecule has 3 aromatic rings. The molecule has 0 unspecified atom stereocenters. The lowest BCUT2D eigenvalue weighted by atomic mass is 10.1. The van der Waals surface area contributed by atoms with E-state index in [2.05, 4.69) is 10.3 Å². The zero-order valence-corrected chi connectivity index (χ0v) is 18.5. The molecule has 0 aliphatic rings. The van der Waals surface area contributed by atoms with Gasteiger partial charge < -0.3 is 15.2 Å². The zero-order chi connectivity index (χ0) is 22.6. The van der Waals surface area contributed by atoms with E-state index < -0.39 is 11.7 Å². The molecule has 2 aromatic carbocycles. The number of anilines is 3. The first kappa shape index (κ1) is 22.1. The maximum absolute atomic E-state index is 12.6. The van der Waals surface area contributed by atoms with Gasteiger partial charge in [0.1, 0.15) is 17.1 Å². The fourth-order valence-electron chi connectivity index (χ4n) is 2.59. The molecule has 0 bridgehead atoms. The van der Waals surface area contributed by atoms with Crippen molar-refractivity contribution in [3.63, 3.8) is 0 Å². The molecule has 0 radical (unpaired) electrons. The van der Waals surface area contributed by atoms with Crippen molar-refractivity contribution in [2.24, 2.45) is 0 Å². The number of hydrogen-bond donors (Lipinski definition) is 2. The average Bonchev–Trinajstić information content (AvgIpc) is 3.23. The van der Waals surface area contributed by atoms with Gasteiger partial charge in [-0.25, -0.2) is 9.78 Å². The van der Waals surface area contributed by atoms with Crippen LogP contribution in [0.1, 0.15) is 31.1 Å². The summed E-state index contributed by atoms with van der Waals surface area (Å²) in [5, 5.41) is 5.06. The molecule has 1 heterocycles. The highest BCUT2D eigenvalue weighted by Gasteiger charge is 2.18. The summed E-state index contributed by atoms with van der Waals surface area (Å²) in [7, 11) is 1.66. The Bertz CT molecular complexity index is 1060.